The minimum absolute atomic E-state index is 0. The molecule has 0 saturated heterocycles. The van der Waals surface area contributed by atoms with E-state index in [1.165, 1.54) is 11.1 Å². The maximum atomic E-state index is 10.5. The first-order chi connectivity index (χ1) is 22.0. The molecule has 6 heteroatoms. The number of phenols is 1. The fourth-order valence-corrected chi connectivity index (χ4v) is 6.05. The maximum Gasteiger partial charge on any atom is 0.230 e. The van der Waals surface area contributed by atoms with Gasteiger partial charge in [0, 0.05) is 45.2 Å². The minimum atomic E-state index is -0.139. The predicted octanol–water partition coefficient (Wildman–Crippen LogP) is 10.5. The summed E-state index contributed by atoms with van der Waals surface area (Å²) in [5, 5.41) is 11.6. The molecule has 5 nitrogen and oxygen atoms in total. The van der Waals surface area contributed by atoms with E-state index in [1.54, 1.807) is 12.1 Å². The molecule has 3 aromatic heterocycles. The molecular formula is C41H36N3O2Pt-. The number of hydrogen-bond donors (Lipinski definition) is 1. The van der Waals surface area contributed by atoms with Crippen LogP contribution in [0.2, 0.25) is 0 Å². The van der Waals surface area contributed by atoms with Gasteiger partial charge in [-0.15, -0.1) is 34.9 Å². The van der Waals surface area contributed by atoms with Crippen molar-refractivity contribution in [3.63, 3.8) is 0 Å². The Balaban J connectivity index is 0.00000386. The van der Waals surface area contributed by atoms with E-state index in [0.717, 1.165) is 49.8 Å². The van der Waals surface area contributed by atoms with Crippen molar-refractivity contribution in [1.82, 2.24) is 15.0 Å². The molecule has 0 unspecified atom stereocenters. The second-order valence-electron chi connectivity index (χ2n) is 13.9. The van der Waals surface area contributed by atoms with Crippen molar-refractivity contribution in [2.45, 2.75) is 52.4 Å². The molecule has 0 aliphatic rings. The third kappa shape index (κ3) is 6.13. The maximum absolute atomic E-state index is 10.5. The Kier molecular flexibility index (Phi) is 8.40. The summed E-state index contributed by atoms with van der Waals surface area (Å²) < 4.78 is 6.18. The molecule has 1 N–H and O–H groups in total. The molecule has 0 fully saturated rings. The average Bonchev–Trinajstić information content (AvgIpc) is 3.48. The summed E-state index contributed by atoms with van der Waals surface area (Å²) in [6.07, 6.45) is 5.59. The Morgan fingerprint density at radius 1 is 0.660 bits per heavy atom. The normalized spacial score (nSPS) is 12.0. The molecule has 0 amide bonds. The number of oxazole rings is 1. The number of nitrogens with zero attached hydrogens (tertiary/aromatic N) is 3. The van der Waals surface area contributed by atoms with Crippen molar-refractivity contribution in [2.75, 3.05) is 0 Å². The molecule has 0 aliphatic heterocycles. The zero-order chi connectivity index (χ0) is 32.2. The molecule has 0 spiro atoms. The molecule has 238 valence electrons. The van der Waals surface area contributed by atoms with Gasteiger partial charge in [-0.3, -0.25) is 9.97 Å². The third-order valence-electron chi connectivity index (χ3n) is 8.54. The standard InChI is InChI=1S/C41H36N3O2.Pt/c1-40(2,3)29-21-27(30-11-9-13-36-38(30)44-39(46-36)31-10-7-8-12-35(31)45)20-28(22-29)32-23-26(25-14-17-42-18-15-25)24-33-34(41(4,5)6)16-19-43-37(32)33;/h7-19,21-24,45H,1-6H3;/q-1;. The van der Waals surface area contributed by atoms with Crippen molar-refractivity contribution in [3.05, 3.63) is 121 Å². The number of benzene rings is 4. The Bertz CT molecular complexity index is 2240. The molecule has 0 aliphatic carbocycles. The summed E-state index contributed by atoms with van der Waals surface area (Å²) in [5.74, 6) is 0.505. The van der Waals surface area contributed by atoms with Gasteiger partial charge in [-0.2, -0.15) is 0 Å². The van der Waals surface area contributed by atoms with Gasteiger partial charge in [0.25, 0.3) is 0 Å². The van der Waals surface area contributed by atoms with Crippen LogP contribution in [0.15, 0.2) is 108 Å². The van der Waals surface area contributed by atoms with Crippen molar-refractivity contribution in [3.8, 4) is 50.6 Å². The van der Waals surface area contributed by atoms with Gasteiger partial charge in [0.1, 0.15) is 11.3 Å². The summed E-state index contributed by atoms with van der Waals surface area (Å²) >= 11 is 0. The Morgan fingerprint density at radius 2 is 1.36 bits per heavy atom. The summed E-state index contributed by atoms with van der Waals surface area (Å²) in [7, 11) is 0. The van der Waals surface area contributed by atoms with Gasteiger partial charge in [0.2, 0.25) is 5.89 Å². The van der Waals surface area contributed by atoms with E-state index in [0.29, 0.717) is 17.0 Å². The molecule has 0 radical (unpaired) electrons. The van der Waals surface area contributed by atoms with Crippen molar-refractivity contribution >= 4 is 22.0 Å². The summed E-state index contributed by atoms with van der Waals surface area (Å²) in [5.41, 5.74) is 11.1. The van der Waals surface area contributed by atoms with Crippen LogP contribution in [0.1, 0.15) is 52.7 Å². The van der Waals surface area contributed by atoms with Crippen LogP contribution in [-0.2, 0) is 31.9 Å². The number of hydrogen-bond acceptors (Lipinski definition) is 5. The van der Waals surface area contributed by atoms with Gasteiger partial charge < -0.3 is 9.52 Å². The first-order valence-corrected chi connectivity index (χ1v) is 15.6. The number of rotatable bonds is 4. The van der Waals surface area contributed by atoms with E-state index in [9.17, 15) is 5.11 Å². The Morgan fingerprint density at radius 3 is 2.06 bits per heavy atom. The van der Waals surface area contributed by atoms with Crippen molar-refractivity contribution in [1.29, 1.82) is 0 Å². The second-order valence-corrected chi connectivity index (χ2v) is 13.9. The van der Waals surface area contributed by atoms with Crippen LogP contribution >= 0.6 is 0 Å². The number of aromatic nitrogens is 3. The van der Waals surface area contributed by atoms with Crippen molar-refractivity contribution < 1.29 is 30.6 Å². The first-order valence-electron chi connectivity index (χ1n) is 15.6. The monoisotopic (exact) mass is 797 g/mol. The van der Waals surface area contributed by atoms with E-state index in [2.05, 4.69) is 89.0 Å². The summed E-state index contributed by atoms with van der Waals surface area (Å²) in [6, 6.07) is 32.0. The van der Waals surface area contributed by atoms with E-state index in [-0.39, 0.29) is 37.6 Å². The fourth-order valence-electron chi connectivity index (χ4n) is 6.05. The molecule has 0 saturated carbocycles. The number of pyridine rings is 2. The molecular weight excluding hydrogens is 762 g/mol. The zero-order valence-electron chi connectivity index (χ0n) is 27.3. The topological polar surface area (TPSA) is 72.0 Å². The van der Waals surface area contributed by atoms with Gasteiger partial charge in [-0.1, -0.05) is 83.0 Å². The van der Waals surface area contributed by atoms with Crippen LogP contribution < -0.4 is 0 Å². The molecule has 7 aromatic rings. The van der Waals surface area contributed by atoms with E-state index in [4.69, 9.17) is 14.4 Å². The number of phenolic OH excluding ortho intramolecular Hbond substituents is 1. The Hall–Kier alpha value is -4.60. The van der Waals surface area contributed by atoms with Crippen LogP contribution in [0.25, 0.3) is 66.8 Å². The second kappa shape index (κ2) is 12.2. The van der Waals surface area contributed by atoms with Crippen LogP contribution in [-0.4, -0.2) is 20.1 Å². The smallest absolute Gasteiger partial charge is 0.230 e. The van der Waals surface area contributed by atoms with Gasteiger partial charge in [0.15, 0.2) is 0 Å². The van der Waals surface area contributed by atoms with E-state index < -0.39 is 0 Å². The minimum Gasteiger partial charge on any atom is -0.507 e. The zero-order valence-corrected chi connectivity index (χ0v) is 29.6. The van der Waals surface area contributed by atoms with Crippen LogP contribution in [0.5, 0.6) is 5.75 Å². The third-order valence-corrected chi connectivity index (χ3v) is 8.54. The van der Waals surface area contributed by atoms with Gasteiger partial charge >= 0.3 is 0 Å². The quantitative estimate of drug-likeness (QED) is 0.180. The first kappa shape index (κ1) is 32.3. The summed E-state index contributed by atoms with van der Waals surface area (Å²) in [4.78, 5) is 14.1. The Labute approximate surface area is 290 Å². The molecule has 47 heavy (non-hydrogen) atoms. The molecule has 0 atom stereocenters. The fraction of sp³-hybridized carbons (Fsp3) is 0.195. The van der Waals surface area contributed by atoms with Gasteiger partial charge in [0.05, 0.1) is 11.1 Å². The molecule has 4 aromatic carbocycles. The molecule has 3 heterocycles. The van der Waals surface area contributed by atoms with Crippen LogP contribution in [0.4, 0.5) is 0 Å². The van der Waals surface area contributed by atoms with E-state index in [1.807, 2.05) is 55.0 Å². The van der Waals surface area contributed by atoms with Gasteiger partial charge in [-0.25, -0.2) is 4.98 Å². The number of fused-ring (bicyclic) bond motifs is 2. The van der Waals surface area contributed by atoms with Gasteiger partial charge in [-0.05, 0) is 75.4 Å². The van der Waals surface area contributed by atoms with Crippen LogP contribution in [0.3, 0.4) is 0 Å². The number of para-hydroxylation sites is 2. The SMILES string of the molecule is CC(C)(C)c1cc(-c2cccc3oc(-c4ccccc4O)nc23)[c-]c(-c2cc(-c3ccncc3)cc3c(C(C)(C)C)ccnc23)c1.[Pt]. The number of aromatic hydroxyl groups is 1. The van der Waals surface area contributed by atoms with Crippen molar-refractivity contribution in [2.24, 2.45) is 0 Å². The van der Waals surface area contributed by atoms with E-state index >= 15 is 0 Å². The summed E-state index contributed by atoms with van der Waals surface area (Å²) in [6.45, 7) is 13.4. The largest absolute Gasteiger partial charge is 0.507 e. The van der Waals surface area contributed by atoms with Crippen LogP contribution in [0, 0.1) is 6.07 Å². The molecule has 7 rings (SSSR count). The predicted molar refractivity (Wildman–Crippen MR) is 187 cm³/mol. The molecule has 0 bridgehead atoms. The average molecular weight is 798 g/mol.